The van der Waals surface area contributed by atoms with Crippen LogP contribution in [0.2, 0.25) is 0 Å². The van der Waals surface area contributed by atoms with E-state index in [4.69, 9.17) is 0 Å². The molecule has 0 unspecified atom stereocenters. The number of nitrogens with zero attached hydrogens (tertiary/aromatic N) is 1. The summed E-state index contributed by atoms with van der Waals surface area (Å²) in [6, 6.07) is 0. The molecule has 1 heterocycles. The zero-order valence-electron chi connectivity index (χ0n) is 8.68. The van der Waals surface area contributed by atoms with Gasteiger partial charge >= 0.3 is 0 Å². The Bertz CT molecular complexity index is 322. The minimum absolute atomic E-state index is 0.0152. The topological polar surface area (TPSA) is 54.0 Å². The number of rotatable bonds is 4. The van der Waals surface area contributed by atoms with Crippen molar-refractivity contribution in [1.29, 1.82) is 0 Å². The number of carbonyl (C=O) groups is 1. The van der Waals surface area contributed by atoms with Crippen molar-refractivity contribution in [1.82, 2.24) is 10.3 Å². The lowest BCUT2D eigenvalue weighted by Crippen LogP contribution is -2.27. The van der Waals surface area contributed by atoms with E-state index in [0.717, 1.165) is 22.2 Å². The zero-order valence-corrected chi connectivity index (χ0v) is 9.49. The van der Waals surface area contributed by atoms with Gasteiger partial charge in [0.1, 0.15) is 5.00 Å². The van der Waals surface area contributed by atoms with Gasteiger partial charge in [-0.15, -0.1) is 11.3 Å². The third-order valence-corrected chi connectivity index (χ3v) is 2.68. The lowest BCUT2D eigenvalue weighted by atomic mass is 10.5. The third kappa shape index (κ3) is 3.08. The minimum Gasteiger partial charge on any atom is -0.315 e. The second-order valence-corrected chi connectivity index (χ2v) is 4.18. The van der Waals surface area contributed by atoms with Crippen molar-refractivity contribution in [3.05, 3.63) is 10.7 Å². The number of anilines is 1. The molecule has 1 rings (SSSR count). The lowest BCUT2D eigenvalue weighted by Gasteiger charge is -2.02. The monoisotopic (exact) mass is 213 g/mol. The maximum atomic E-state index is 11.3. The number of aryl methyl sites for hydroxylation is 2. The molecule has 0 radical (unpaired) electrons. The molecule has 0 bridgehead atoms. The van der Waals surface area contributed by atoms with Crippen LogP contribution in [0.15, 0.2) is 0 Å². The van der Waals surface area contributed by atoms with Crippen LogP contribution >= 0.6 is 11.3 Å². The summed E-state index contributed by atoms with van der Waals surface area (Å²) in [6.07, 6.45) is 0. The number of hydrogen-bond donors (Lipinski definition) is 2. The Morgan fingerprint density at radius 1 is 1.50 bits per heavy atom. The second kappa shape index (κ2) is 5.07. The van der Waals surface area contributed by atoms with Gasteiger partial charge in [0.25, 0.3) is 0 Å². The van der Waals surface area contributed by atoms with E-state index in [0.29, 0.717) is 6.54 Å². The van der Waals surface area contributed by atoms with Crippen LogP contribution in [0.1, 0.15) is 17.6 Å². The van der Waals surface area contributed by atoms with Crippen molar-refractivity contribution in [2.45, 2.75) is 20.8 Å². The fourth-order valence-corrected chi connectivity index (χ4v) is 1.89. The molecule has 78 valence electrons. The summed E-state index contributed by atoms with van der Waals surface area (Å²) >= 11 is 1.51. The number of amides is 1. The SMILES string of the molecule is CCNCC(=O)Nc1sc(C)nc1C. The number of nitrogens with one attached hydrogen (secondary N) is 2. The van der Waals surface area contributed by atoms with Crippen LogP contribution < -0.4 is 10.6 Å². The van der Waals surface area contributed by atoms with E-state index < -0.39 is 0 Å². The van der Waals surface area contributed by atoms with Crippen LogP contribution in [0.4, 0.5) is 5.00 Å². The molecule has 0 aliphatic rings. The molecule has 1 amide bonds. The molecule has 0 saturated heterocycles. The minimum atomic E-state index is -0.0152. The first-order valence-electron chi connectivity index (χ1n) is 4.58. The van der Waals surface area contributed by atoms with Gasteiger partial charge in [-0.25, -0.2) is 4.98 Å². The van der Waals surface area contributed by atoms with Crippen molar-refractivity contribution >= 4 is 22.2 Å². The Morgan fingerprint density at radius 2 is 2.21 bits per heavy atom. The van der Waals surface area contributed by atoms with Gasteiger partial charge in [-0.3, -0.25) is 4.79 Å². The quantitative estimate of drug-likeness (QED) is 0.793. The Labute approximate surface area is 87.7 Å². The summed E-state index contributed by atoms with van der Waals surface area (Å²) < 4.78 is 0. The van der Waals surface area contributed by atoms with Gasteiger partial charge in [-0.1, -0.05) is 6.92 Å². The van der Waals surface area contributed by atoms with Crippen molar-refractivity contribution in [2.75, 3.05) is 18.4 Å². The molecule has 0 saturated carbocycles. The largest absolute Gasteiger partial charge is 0.315 e. The van der Waals surface area contributed by atoms with E-state index in [-0.39, 0.29) is 5.91 Å². The van der Waals surface area contributed by atoms with Gasteiger partial charge in [0.05, 0.1) is 17.2 Å². The van der Waals surface area contributed by atoms with Crippen LogP contribution in [-0.4, -0.2) is 24.0 Å². The smallest absolute Gasteiger partial charge is 0.238 e. The van der Waals surface area contributed by atoms with E-state index in [1.165, 1.54) is 11.3 Å². The van der Waals surface area contributed by atoms with Crippen molar-refractivity contribution < 1.29 is 4.79 Å². The van der Waals surface area contributed by atoms with Crippen LogP contribution in [0.5, 0.6) is 0 Å². The molecule has 0 aliphatic heterocycles. The highest BCUT2D eigenvalue weighted by molar-refractivity contribution is 7.16. The lowest BCUT2D eigenvalue weighted by molar-refractivity contribution is -0.115. The van der Waals surface area contributed by atoms with E-state index in [1.807, 2.05) is 20.8 Å². The van der Waals surface area contributed by atoms with Gasteiger partial charge in [-0.05, 0) is 20.4 Å². The summed E-state index contributed by atoms with van der Waals surface area (Å²) in [5.41, 5.74) is 0.886. The standard InChI is InChI=1S/C9H15N3OS/c1-4-10-5-8(13)12-9-6(2)11-7(3)14-9/h10H,4-5H2,1-3H3,(H,12,13). The summed E-state index contributed by atoms with van der Waals surface area (Å²) in [4.78, 5) is 15.6. The molecule has 1 aromatic rings. The molecule has 0 aromatic carbocycles. The molecule has 0 spiro atoms. The molecule has 0 aliphatic carbocycles. The molecule has 5 heteroatoms. The first kappa shape index (κ1) is 11.1. The number of likely N-dealkylation sites (N-methyl/N-ethyl adjacent to an activating group) is 1. The second-order valence-electron chi connectivity index (χ2n) is 2.98. The van der Waals surface area contributed by atoms with Crippen molar-refractivity contribution in [3.8, 4) is 0 Å². The molecule has 1 aromatic heterocycles. The van der Waals surface area contributed by atoms with Crippen molar-refractivity contribution in [2.24, 2.45) is 0 Å². The average molecular weight is 213 g/mol. The van der Waals surface area contributed by atoms with Gasteiger partial charge < -0.3 is 10.6 Å². The van der Waals surface area contributed by atoms with E-state index in [2.05, 4.69) is 15.6 Å². The van der Waals surface area contributed by atoms with Gasteiger partial charge in [0, 0.05) is 0 Å². The summed E-state index contributed by atoms with van der Waals surface area (Å²) in [5, 5.41) is 7.61. The van der Waals surface area contributed by atoms with Crippen LogP contribution in [0.25, 0.3) is 0 Å². The summed E-state index contributed by atoms with van der Waals surface area (Å²) in [6.45, 7) is 6.94. The molecular weight excluding hydrogens is 198 g/mol. The first-order chi connectivity index (χ1) is 6.63. The molecule has 14 heavy (non-hydrogen) atoms. The highest BCUT2D eigenvalue weighted by Crippen LogP contribution is 2.22. The number of hydrogen-bond acceptors (Lipinski definition) is 4. The Hall–Kier alpha value is -0.940. The number of aromatic nitrogens is 1. The van der Waals surface area contributed by atoms with Gasteiger partial charge in [0.2, 0.25) is 5.91 Å². The maximum Gasteiger partial charge on any atom is 0.238 e. The van der Waals surface area contributed by atoms with E-state index >= 15 is 0 Å². The van der Waals surface area contributed by atoms with Gasteiger partial charge in [0.15, 0.2) is 0 Å². The van der Waals surface area contributed by atoms with Gasteiger partial charge in [-0.2, -0.15) is 0 Å². The molecular formula is C9H15N3OS. The van der Waals surface area contributed by atoms with E-state index in [1.54, 1.807) is 0 Å². The zero-order chi connectivity index (χ0) is 10.6. The Balaban J connectivity index is 2.51. The fraction of sp³-hybridized carbons (Fsp3) is 0.556. The fourth-order valence-electron chi connectivity index (χ4n) is 1.06. The summed E-state index contributed by atoms with van der Waals surface area (Å²) in [7, 11) is 0. The summed E-state index contributed by atoms with van der Waals surface area (Å²) in [5.74, 6) is -0.0152. The number of thiazole rings is 1. The highest BCUT2D eigenvalue weighted by atomic mass is 32.1. The molecule has 0 fully saturated rings. The maximum absolute atomic E-state index is 11.3. The molecule has 0 atom stereocenters. The van der Waals surface area contributed by atoms with Crippen molar-refractivity contribution in [3.63, 3.8) is 0 Å². The Kier molecular flexibility index (Phi) is 4.03. The van der Waals surface area contributed by atoms with Crippen LogP contribution in [0.3, 0.4) is 0 Å². The van der Waals surface area contributed by atoms with Crippen LogP contribution in [-0.2, 0) is 4.79 Å². The number of carbonyl (C=O) groups excluding carboxylic acids is 1. The third-order valence-electron chi connectivity index (χ3n) is 1.69. The van der Waals surface area contributed by atoms with E-state index in [9.17, 15) is 4.79 Å². The molecule has 4 nitrogen and oxygen atoms in total. The van der Waals surface area contributed by atoms with Crippen LogP contribution in [0, 0.1) is 13.8 Å². The predicted octanol–water partition coefficient (Wildman–Crippen LogP) is 1.31. The average Bonchev–Trinajstić information content (AvgIpc) is 2.42. The Morgan fingerprint density at radius 3 is 2.71 bits per heavy atom. The highest BCUT2D eigenvalue weighted by Gasteiger charge is 2.07. The predicted molar refractivity (Wildman–Crippen MR) is 58.8 cm³/mol. The normalized spacial score (nSPS) is 10.2. The first-order valence-corrected chi connectivity index (χ1v) is 5.39. The molecule has 2 N–H and O–H groups in total.